The summed E-state index contributed by atoms with van der Waals surface area (Å²) < 4.78 is 7.05. The van der Waals surface area contributed by atoms with Gasteiger partial charge in [-0.25, -0.2) is 4.79 Å². The van der Waals surface area contributed by atoms with Crippen molar-refractivity contribution < 1.29 is 14.5 Å². The van der Waals surface area contributed by atoms with E-state index in [1.54, 1.807) is 43.6 Å². The van der Waals surface area contributed by atoms with Crippen LogP contribution in [0.2, 0.25) is 0 Å². The molecular formula is C17H14N4O4. The highest BCUT2D eigenvalue weighted by molar-refractivity contribution is 5.89. The van der Waals surface area contributed by atoms with Gasteiger partial charge < -0.3 is 4.74 Å². The van der Waals surface area contributed by atoms with E-state index in [1.165, 1.54) is 29.3 Å². The number of nitrogens with zero attached hydrogens (tertiary/aromatic N) is 4. The van der Waals surface area contributed by atoms with Crippen molar-refractivity contribution in [2.75, 3.05) is 0 Å². The molecule has 126 valence electrons. The van der Waals surface area contributed by atoms with E-state index in [4.69, 9.17) is 4.74 Å². The Morgan fingerprint density at radius 3 is 2.68 bits per heavy atom. The van der Waals surface area contributed by atoms with Gasteiger partial charge in [-0.3, -0.25) is 19.8 Å². The van der Waals surface area contributed by atoms with Gasteiger partial charge in [0, 0.05) is 37.3 Å². The van der Waals surface area contributed by atoms with Crippen molar-refractivity contribution >= 4 is 11.7 Å². The highest BCUT2D eigenvalue weighted by Crippen LogP contribution is 2.33. The number of hydrogen-bond donors (Lipinski definition) is 0. The van der Waals surface area contributed by atoms with Crippen molar-refractivity contribution in [3.8, 4) is 0 Å². The van der Waals surface area contributed by atoms with Gasteiger partial charge in [-0.05, 0) is 12.1 Å². The molecule has 0 N–H and O–H groups in total. The van der Waals surface area contributed by atoms with E-state index in [2.05, 4.69) is 10.1 Å². The standard InChI is InChI=1S/C17H14N4O4/c1-20-11-13(10-19-20)17(22)25-16(12-5-4-8-18-9-12)14-6-2-3-7-15(14)21(23)24/h2-11,16H,1H3. The van der Waals surface area contributed by atoms with Crippen LogP contribution in [-0.4, -0.2) is 25.7 Å². The van der Waals surface area contributed by atoms with E-state index in [1.807, 2.05) is 0 Å². The molecule has 1 aromatic carbocycles. The topological polar surface area (TPSA) is 100 Å². The largest absolute Gasteiger partial charge is 0.449 e. The Morgan fingerprint density at radius 1 is 1.24 bits per heavy atom. The highest BCUT2D eigenvalue weighted by Gasteiger charge is 2.27. The van der Waals surface area contributed by atoms with E-state index >= 15 is 0 Å². The number of ether oxygens (including phenoxy) is 1. The first-order valence-electron chi connectivity index (χ1n) is 7.39. The van der Waals surface area contributed by atoms with Crippen LogP contribution in [0.3, 0.4) is 0 Å². The van der Waals surface area contributed by atoms with Crippen molar-refractivity contribution in [1.82, 2.24) is 14.8 Å². The first-order chi connectivity index (χ1) is 12.1. The molecule has 0 fully saturated rings. The zero-order valence-corrected chi connectivity index (χ0v) is 13.3. The maximum atomic E-state index is 12.4. The van der Waals surface area contributed by atoms with Gasteiger partial charge in [0.15, 0.2) is 6.10 Å². The fourth-order valence-corrected chi connectivity index (χ4v) is 2.42. The molecule has 2 aromatic heterocycles. The van der Waals surface area contributed by atoms with Gasteiger partial charge in [-0.1, -0.05) is 18.2 Å². The lowest BCUT2D eigenvalue weighted by molar-refractivity contribution is -0.386. The summed E-state index contributed by atoms with van der Waals surface area (Å²) in [5, 5.41) is 15.3. The third-order valence-electron chi connectivity index (χ3n) is 3.57. The van der Waals surface area contributed by atoms with Crippen LogP contribution in [0, 0.1) is 10.1 Å². The number of nitro benzene ring substituents is 1. The Balaban J connectivity index is 2.02. The van der Waals surface area contributed by atoms with Gasteiger partial charge in [0.1, 0.15) is 0 Å². The number of esters is 1. The SMILES string of the molecule is Cn1cc(C(=O)OC(c2cccnc2)c2ccccc2[N+](=O)[O-])cn1. The fraction of sp³-hybridized carbons (Fsp3) is 0.118. The zero-order valence-electron chi connectivity index (χ0n) is 13.3. The van der Waals surface area contributed by atoms with Crippen molar-refractivity contribution in [3.63, 3.8) is 0 Å². The number of para-hydroxylation sites is 1. The number of carbonyl (C=O) groups excluding carboxylic acids is 1. The third kappa shape index (κ3) is 3.52. The summed E-state index contributed by atoms with van der Waals surface area (Å²) in [5.41, 5.74) is 0.942. The molecule has 3 aromatic rings. The normalized spacial score (nSPS) is 11.7. The quantitative estimate of drug-likeness (QED) is 0.403. The Hall–Kier alpha value is -3.55. The summed E-state index contributed by atoms with van der Waals surface area (Å²) in [4.78, 5) is 27.3. The van der Waals surface area contributed by atoms with Gasteiger partial charge in [0.05, 0.1) is 22.2 Å². The lowest BCUT2D eigenvalue weighted by atomic mass is 10.0. The molecule has 0 bridgehead atoms. The van der Waals surface area contributed by atoms with Crippen molar-refractivity contribution in [2.24, 2.45) is 7.05 Å². The third-order valence-corrected chi connectivity index (χ3v) is 3.57. The van der Waals surface area contributed by atoms with Crippen LogP contribution in [0.4, 0.5) is 5.69 Å². The first-order valence-corrected chi connectivity index (χ1v) is 7.39. The molecule has 1 atom stereocenters. The molecule has 3 rings (SSSR count). The molecule has 0 spiro atoms. The average molecular weight is 338 g/mol. The van der Waals surface area contributed by atoms with Crippen molar-refractivity contribution in [2.45, 2.75) is 6.10 Å². The average Bonchev–Trinajstić information content (AvgIpc) is 3.07. The van der Waals surface area contributed by atoms with E-state index in [0.29, 0.717) is 5.56 Å². The lowest BCUT2D eigenvalue weighted by Gasteiger charge is -2.18. The Kier molecular flexibility index (Phi) is 4.51. The number of aromatic nitrogens is 3. The van der Waals surface area contributed by atoms with Gasteiger partial charge in [-0.15, -0.1) is 0 Å². The second-order valence-corrected chi connectivity index (χ2v) is 5.29. The maximum Gasteiger partial charge on any atom is 0.342 e. The summed E-state index contributed by atoms with van der Waals surface area (Å²) in [6.45, 7) is 0. The number of rotatable bonds is 5. The summed E-state index contributed by atoms with van der Waals surface area (Å²) in [5.74, 6) is -0.625. The molecule has 25 heavy (non-hydrogen) atoms. The molecule has 0 saturated carbocycles. The summed E-state index contributed by atoms with van der Waals surface area (Å²) in [6.07, 6.45) is 5.02. The van der Waals surface area contributed by atoms with Crippen LogP contribution in [-0.2, 0) is 11.8 Å². The predicted octanol–water partition coefficient (Wildman–Crippen LogP) is 2.67. The molecule has 0 saturated heterocycles. The van der Waals surface area contributed by atoms with Crippen LogP contribution in [0.1, 0.15) is 27.6 Å². The molecule has 8 heteroatoms. The number of benzene rings is 1. The molecule has 1 unspecified atom stereocenters. The second kappa shape index (κ2) is 6.91. The molecule has 8 nitrogen and oxygen atoms in total. The van der Waals surface area contributed by atoms with E-state index in [-0.39, 0.29) is 16.8 Å². The number of aryl methyl sites for hydroxylation is 1. The van der Waals surface area contributed by atoms with Crippen LogP contribution in [0.25, 0.3) is 0 Å². The number of pyridine rings is 1. The Bertz CT molecular complexity index is 908. The molecule has 0 amide bonds. The first kappa shape index (κ1) is 16.3. The number of carbonyl (C=O) groups is 1. The Morgan fingerprint density at radius 2 is 2.04 bits per heavy atom. The number of hydrogen-bond acceptors (Lipinski definition) is 6. The monoisotopic (exact) mass is 338 g/mol. The van der Waals surface area contributed by atoms with Crippen LogP contribution in [0.15, 0.2) is 61.2 Å². The highest BCUT2D eigenvalue weighted by atomic mass is 16.6. The zero-order chi connectivity index (χ0) is 17.8. The molecule has 0 aliphatic rings. The predicted molar refractivity (Wildman–Crippen MR) is 87.8 cm³/mol. The van der Waals surface area contributed by atoms with Crippen molar-refractivity contribution in [3.05, 3.63) is 88.0 Å². The van der Waals surface area contributed by atoms with E-state index < -0.39 is 17.0 Å². The van der Waals surface area contributed by atoms with Gasteiger partial charge in [0.2, 0.25) is 0 Å². The van der Waals surface area contributed by atoms with Crippen LogP contribution < -0.4 is 0 Å². The van der Waals surface area contributed by atoms with Gasteiger partial charge in [-0.2, -0.15) is 5.10 Å². The second-order valence-electron chi connectivity index (χ2n) is 5.29. The maximum absolute atomic E-state index is 12.4. The van der Waals surface area contributed by atoms with Crippen LogP contribution >= 0.6 is 0 Å². The smallest absolute Gasteiger partial charge is 0.342 e. The van der Waals surface area contributed by atoms with E-state index in [9.17, 15) is 14.9 Å². The molecule has 0 radical (unpaired) electrons. The van der Waals surface area contributed by atoms with Gasteiger partial charge in [0.25, 0.3) is 5.69 Å². The molecule has 0 aliphatic carbocycles. The number of nitro groups is 1. The minimum atomic E-state index is -0.956. The molecular weight excluding hydrogens is 324 g/mol. The lowest BCUT2D eigenvalue weighted by Crippen LogP contribution is -2.14. The molecule has 0 aliphatic heterocycles. The minimum absolute atomic E-state index is 0.129. The van der Waals surface area contributed by atoms with E-state index in [0.717, 1.165) is 0 Å². The molecule has 2 heterocycles. The summed E-state index contributed by atoms with van der Waals surface area (Å²) in [6, 6.07) is 9.53. The van der Waals surface area contributed by atoms with Gasteiger partial charge >= 0.3 is 5.97 Å². The fourth-order valence-electron chi connectivity index (χ4n) is 2.42. The van der Waals surface area contributed by atoms with Crippen LogP contribution in [0.5, 0.6) is 0 Å². The van der Waals surface area contributed by atoms with Crippen molar-refractivity contribution in [1.29, 1.82) is 0 Å². The Labute approximate surface area is 142 Å². The summed E-state index contributed by atoms with van der Waals surface area (Å²) >= 11 is 0. The summed E-state index contributed by atoms with van der Waals surface area (Å²) in [7, 11) is 1.68. The minimum Gasteiger partial charge on any atom is -0.449 e.